The van der Waals surface area contributed by atoms with Crippen LogP contribution in [-0.4, -0.2) is 31.8 Å². The van der Waals surface area contributed by atoms with Crippen molar-refractivity contribution in [1.29, 1.82) is 0 Å². The highest BCUT2D eigenvalue weighted by Gasteiger charge is 2.26. The zero-order chi connectivity index (χ0) is 16.7. The molecule has 8 heteroatoms. The third kappa shape index (κ3) is 3.31. The van der Waals surface area contributed by atoms with Crippen molar-refractivity contribution in [2.75, 3.05) is 13.2 Å². The van der Waals surface area contributed by atoms with Gasteiger partial charge < -0.3 is 14.0 Å². The Kier molecular flexibility index (Phi) is 3.79. The first-order chi connectivity index (χ1) is 10.8. The summed E-state index contributed by atoms with van der Waals surface area (Å²) < 4.78 is 41.0. The standard InChI is InChI=1S/C15H18N2O5S/c1-15(2,3)14-16-13(17-22-14)9-23(18,19)10-4-5-11-12(8-10)21-7-6-20-11/h4-5,8H,6-7,9H2,1-3H3. The van der Waals surface area contributed by atoms with Crippen LogP contribution in [0.1, 0.15) is 32.5 Å². The number of fused-ring (bicyclic) bond motifs is 1. The van der Waals surface area contributed by atoms with Gasteiger partial charge >= 0.3 is 0 Å². The maximum Gasteiger partial charge on any atom is 0.232 e. The highest BCUT2D eigenvalue weighted by Crippen LogP contribution is 2.33. The molecule has 0 unspecified atom stereocenters. The molecule has 1 aliphatic heterocycles. The molecule has 0 aliphatic carbocycles. The van der Waals surface area contributed by atoms with E-state index in [-0.39, 0.29) is 21.9 Å². The van der Waals surface area contributed by atoms with E-state index in [9.17, 15) is 8.42 Å². The summed E-state index contributed by atoms with van der Waals surface area (Å²) in [5.74, 6) is 1.20. The molecule has 1 aromatic carbocycles. The quantitative estimate of drug-likeness (QED) is 0.846. The molecule has 23 heavy (non-hydrogen) atoms. The molecule has 124 valence electrons. The topological polar surface area (TPSA) is 91.5 Å². The Morgan fingerprint density at radius 1 is 1.13 bits per heavy atom. The van der Waals surface area contributed by atoms with Crippen LogP contribution >= 0.6 is 0 Å². The van der Waals surface area contributed by atoms with Crippen molar-refractivity contribution >= 4 is 9.84 Å². The van der Waals surface area contributed by atoms with Gasteiger partial charge in [0.1, 0.15) is 19.0 Å². The van der Waals surface area contributed by atoms with Crippen LogP contribution in [0.5, 0.6) is 11.5 Å². The first-order valence-electron chi connectivity index (χ1n) is 7.21. The minimum atomic E-state index is -3.60. The van der Waals surface area contributed by atoms with Gasteiger partial charge in [0.25, 0.3) is 0 Å². The number of ether oxygens (including phenoxy) is 2. The molecule has 2 heterocycles. The van der Waals surface area contributed by atoms with E-state index in [4.69, 9.17) is 14.0 Å². The Labute approximate surface area is 134 Å². The van der Waals surface area contributed by atoms with E-state index < -0.39 is 9.84 Å². The van der Waals surface area contributed by atoms with E-state index >= 15 is 0 Å². The van der Waals surface area contributed by atoms with Crippen molar-refractivity contribution in [3.05, 3.63) is 29.9 Å². The van der Waals surface area contributed by atoms with Gasteiger partial charge in [0.2, 0.25) is 5.89 Å². The van der Waals surface area contributed by atoms with E-state index in [0.29, 0.717) is 30.6 Å². The first-order valence-corrected chi connectivity index (χ1v) is 8.86. The predicted molar refractivity (Wildman–Crippen MR) is 81.3 cm³/mol. The molecular weight excluding hydrogens is 320 g/mol. The zero-order valence-electron chi connectivity index (χ0n) is 13.2. The molecule has 7 nitrogen and oxygen atoms in total. The fourth-order valence-corrected chi connectivity index (χ4v) is 3.27. The lowest BCUT2D eigenvalue weighted by molar-refractivity contribution is 0.171. The Morgan fingerprint density at radius 3 is 2.48 bits per heavy atom. The fourth-order valence-electron chi connectivity index (χ4n) is 2.09. The van der Waals surface area contributed by atoms with Crippen LogP contribution in [0.4, 0.5) is 0 Å². The van der Waals surface area contributed by atoms with Crippen LogP contribution in [0.2, 0.25) is 0 Å². The number of rotatable bonds is 3. The second kappa shape index (κ2) is 5.52. The lowest BCUT2D eigenvalue weighted by atomic mass is 9.97. The molecule has 2 aromatic rings. The Bertz CT molecular complexity index is 821. The summed E-state index contributed by atoms with van der Waals surface area (Å²) in [7, 11) is -3.60. The van der Waals surface area contributed by atoms with E-state index in [0.717, 1.165) is 0 Å². The lowest BCUT2D eigenvalue weighted by Crippen LogP contribution is -2.16. The molecule has 0 radical (unpaired) electrons. The van der Waals surface area contributed by atoms with Gasteiger partial charge in [-0.1, -0.05) is 25.9 Å². The monoisotopic (exact) mass is 338 g/mol. The van der Waals surface area contributed by atoms with E-state index in [1.807, 2.05) is 20.8 Å². The average molecular weight is 338 g/mol. The van der Waals surface area contributed by atoms with Crippen molar-refractivity contribution in [3.8, 4) is 11.5 Å². The Hall–Kier alpha value is -2.09. The van der Waals surface area contributed by atoms with Crippen LogP contribution in [0.25, 0.3) is 0 Å². The molecular formula is C15H18N2O5S. The number of benzene rings is 1. The molecule has 0 spiro atoms. The molecule has 0 amide bonds. The third-order valence-electron chi connectivity index (χ3n) is 3.30. The van der Waals surface area contributed by atoms with Crippen LogP contribution in [0.3, 0.4) is 0 Å². The highest BCUT2D eigenvalue weighted by molar-refractivity contribution is 7.90. The van der Waals surface area contributed by atoms with Gasteiger partial charge in [-0.3, -0.25) is 0 Å². The molecule has 3 rings (SSSR count). The summed E-state index contributed by atoms with van der Waals surface area (Å²) in [5, 5.41) is 3.76. The van der Waals surface area contributed by atoms with Gasteiger partial charge in [-0.15, -0.1) is 0 Å². The van der Waals surface area contributed by atoms with E-state index in [1.54, 1.807) is 6.07 Å². The molecule has 0 atom stereocenters. The largest absolute Gasteiger partial charge is 0.486 e. The van der Waals surface area contributed by atoms with Gasteiger partial charge in [-0.05, 0) is 12.1 Å². The van der Waals surface area contributed by atoms with Gasteiger partial charge in [-0.25, -0.2) is 8.42 Å². The molecule has 0 saturated heterocycles. The number of hydrogen-bond donors (Lipinski definition) is 0. The molecule has 0 N–H and O–H groups in total. The predicted octanol–water partition coefficient (Wildman–Crippen LogP) is 2.11. The van der Waals surface area contributed by atoms with Crippen molar-refractivity contribution in [2.45, 2.75) is 36.8 Å². The highest BCUT2D eigenvalue weighted by atomic mass is 32.2. The van der Waals surface area contributed by atoms with Gasteiger partial charge in [0.05, 0.1) is 4.90 Å². The Morgan fingerprint density at radius 2 is 1.83 bits per heavy atom. The maximum atomic E-state index is 12.5. The summed E-state index contributed by atoms with van der Waals surface area (Å²) >= 11 is 0. The van der Waals surface area contributed by atoms with Crippen molar-refractivity contribution in [2.24, 2.45) is 0 Å². The number of nitrogens with zero attached hydrogens (tertiary/aromatic N) is 2. The van der Waals surface area contributed by atoms with E-state index in [2.05, 4.69) is 10.1 Å². The number of hydrogen-bond acceptors (Lipinski definition) is 7. The minimum Gasteiger partial charge on any atom is -0.486 e. The molecule has 1 aromatic heterocycles. The van der Waals surface area contributed by atoms with Crippen LogP contribution in [0, 0.1) is 0 Å². The second-order valence-electron chi connectivity index (χ2n) is 6.33. The average Bonchev–Trinajstić information content (AvgIpc) is 2.94. The normalized spacial score (nSPS) is 14.7. The third-order valence-corrected chi connectivity index (χ3v) is 4.91. The number of aromatic nitrogens is 2. The lowest BCUT2D eigenvalue weighted by Gasteiger charge is -2.18. The fraction of sp³-hybridized carbons (Fsp3) is 0.467. The van der Waals surface area contributed by atoms with Crippen molar-refractivity contribution in [3.63, 3.8) is 0 Å². The first kappa shape index (κ1) is 15.8. The number of sulfone groups is 1. The second-order valence-corrected chi connectivity index (χ2v) is 8.32. The Balaban J connectivity index is 1.86. The van der Waals surface area contributed by atoms with Crippen LogP contribution in [0.15, 0.2) is 27.6 Å². The molecule has 0 bridgehead atoms. The zero-order valence-corrected chi connectivity index (χ0v) is 14.0. The molecule has 1 aliphatic rings. The molecule has 0 fully saturated rings. The van der Waals surface area contributed by atoms with Crippen LogP contribution < -0.4 is 9.47 Å². The van der Waals surface area contributed by atoms with Gasteiger partial charge in [-0.2, -0.15) is 4.98 Å². The minimum absolute atomic E-state index is 0.142. The summed E-state index contributed by atoms with van der Waals surface area (Å²) in [4.78, 5) is 4.31. The summed E-state index contributed by atoms with van der Waals surface area (Å²) in [6.45, 7) is 6.60. The van der Waals surface area contributed by atoms with Crippen molar-refractivity contribution < 1.29 is 22.4 Å². The van der Waals surface area contributed by atoms with E-state index in [1.165, 1.54) is 12.1 Å². The SMILES string of the molecule is CC(C)(C)c1nc(CS(=O)(=O)c2ccc3c(c2)OCCO3)no1. The maximum absolute atomic E-state index is 12.5. The summed E-state index contributed by atoms with van der Waals surface area (Å²) in [6.07, 6.45) is 0. The van der Waals surface area contributed by atoms with Gasteiger partial charge in [0.15, 0.2) is 27.2 Å². The summed E-state index contributed by atoms with van der Waals surface area (Å²) in [5.41, 5.74) is -0.327. The van der Waals surface area contributed by atoms with Crippen molar-refractivity contribution in [1.82, 2.24) is 10.1 Å². The summed E-state index contributed by atoms with van der Waals surface area (Å²) in [6, 6.07) is 4.56. The molecule has 0 saturated carbocycles. The van der Waals surface area contributed by atoms with Crippen LogP contribution in [-0.2, 0) is 21.0 Å². The van der Waals surface area contributed by atoms with Gasteiger partial charge in [0, 0.05) is 11.5 Å². The smallest absolute Gasteiger partial charge is 0.232 e.